The maximum atomic E-state index is 13.3. The molecule has 0 bridgehead atoms. The van der Waals surface area contributed by atoms with Crippen LogP contribution in [0.25, 0.3) is 0 Å². The maximum absolute atomic E-state index is 13.3. The number of benzene rings is 1. The van der Waals surface area contributed by atoms with Gasteiger partial charge in [0.25, 0.3) is 0 Å². The van der Waals surface area contributed by atoms with E-state index in [4.69, 9.17) is 0 Å². The van der Waals surface area contributed by atoms with E-state index in [0.29, 0.717) is 0 Å². The Bertz CT molecular complexity index is 614. The van der Waals surface area contributed by atoms with Gasteiger partial charge in [-0.25, -0.2) is 4.39 Å². The largest absolute Gasteiger partial charge is 0.298 e. The first-order valence-corrected chi connectivity index (χ1v) is 8.91. The monoisotopic (exact) mass is 316 g/mol. The number of likely N-dealkylation sites (tertiary alicyclic amines) is 2. The zero-order chi connectivity index (χ0) is 14.9. The van der Waals surface area contributed by atoms with Crippen LogP contribution in [0.15, 0.2) is 41.1 Å². The van der Waals surface area contributed by atoms with Crippen LogP contribution in [0, 0.1) is 17.7 Å². The molecule has 0 saturated carbocycles. The highest BCUT2D eigenvalue weighted by Gasteiger charge is 2.39. The van der Waals surface area contributed by atoms with Crippen LogP contribution >= 0.6 is 11.3 Å². The zero-order valence-electron chi connectivity index (χ0n) is 12.6. The molecule has 2 saturated heterocycles. The van der Waals surface area contributed by atoms with Gasteiger partial charge < -0.3 is 0 Å². The predicted molar refractivity (Wildman–Crippen MR) is 88.3 cm³/mol. The second kappa shape index (κ2) is 6.11. The number of hydrogen-bond acceptors (Lipinski definition) is 3. The van der Waals surface area contributed by atoms with Gasteiger partial charge in [-0.15, -0.1) is 0 Å². The average molecular weight is 316 g/mol. The van der Waals surface area contributed by atoms with E-state index < -0.39 is 0 Å². The predicted octanol–water partition coefficient (Wildman–Crippen LogP) is 3.45. The van der Waals surface area contributed by atoms with Crippen LogP contribution < -0.4 is 0 Å². The number of nitrogens with zero attached hydrogens (tertiary/aromatic N) is 2. The Balaban J connectivity index is 1.32. The number of rotatable bonds is 4. The summed E-state index contributed by atoms with van der Waals surface area (Å²) in [6, 6.07) is 9.25. The van der Waals surface area contributed by atoms with Gasteiger partial charge in [-0.05, 0) is 51.9 Å². The first-order valence-electron chi connectivity index (χ1n) is 7.96. The molecule has 3 heterocycles. The minimum atomic E-state index is -0.126. The maximum Gasteiger partial charge on any atom is 0.123 e. The van der Waals surface area contributed by atoms with Gasteiger partial charge in [0, 0.05) is 39.3 Å². The van der Waals surface area contributed by atoms with E-state index in [0.717, 1.165) is 43.6 Å². The zero-order valence-corrected chi connectivity index (χ0v) is 13.4. The normalized spacial score (nSPS) is 25.7. The number of fused-ring (bicyclic) bond motifs is 1. The molecule has 0 N–H and O–H groups in total. The Labute approximate surface area is 135 Å². The van der Waals surface area contributed by atoms with Gasteiger partial charge in [0.15, 0.2) is 0 Å². The van der Waals surface area contributed by atoms with Gasteiger partial charge in [-0.2, -0.15) is 11.3 Å². The summed E-state index contributed by atoms with van der Waals surface area (Å²) in [6.45, 7) is 6.71. The summed E-state index contributed by atoms with van der Waals surface area (Å²) in [7, 11) is 0. The first kappa shape index (κ1) is 14.4. The molecule has 116 valence electrons. The van der Waals surface area contributed by atoms with Gasteiger partial charge in [0.2, 0.25) is 0 Å². The molecule has 0 aliphatic carbocycles. The van der Waals surface area contributed by atoms with Gasteiger partial charge in [-0.3, -0.25) is 9.80 Å². The summed E-state index contributed by atoms with van der Waals surface area (Å²) >= 11 is 1.78. The first-order chi connectivity index (χ1) is 10.8. The van der Waals surface area contributed by atoms with Crippen LogP contribution in [0.2, 0.25) is 0 Å². The van der Waals surface area contributed by atoms with Crippen molar-refractivity contribution in [1.29, 1.82) is 0 Å². The van der Waals surface area contributed by atoms with E-state index in [1.165, 1.54) is 24.7 Å². The third-order valence-electron chi connectivity index (χ3n) is 4.92. The Morgan fingerprint density at radius 1 is 0.955 bits per heavy atom. The highest BCUT2D eigenvalue weighted by Crippen LogP contribution is 2.32. The lowest BCUT2D eigenvalue weighted by atomic mass is 10.0. The fraction of sp³-hybridized carbons (Fsp3) is 0.444. The topological polar surface area (TPSA) is 6.48 Å². The van der Waals surface area contributed by atoms with Crippen LogP contribution in [0.5, 0.6) is 0 Å². The molecule has 1 aromatic heterocycles. The second-order valence-corrected chi connectivity index (χ2v) is 7.45. The molecular weight excluding hydrogens is 295 g/mol. The Kier molecular flexibility index (Phi) is 3.99. The number of hydrogen-bond donors (Lipinski definition) is 0. The molecule has 2 fully saturated rings. The highest BCUT2D eigenvalue weighted by atomic mass is 32.1. The lowest BCUT2D eigenvalue weighted by Crippen LogP contribution is -2.28. The second-order valence-electron chi connectivity index (χ2n) is 6.67. The summed E-state index contributed by atoms with van der Waals surface area (Å²) in [5.74, 6) is 1.44. The minimum absolute atomic E-state index is 0.126. The Morgan fingerprint density at radius 2 is 1.64 bits per heavy atom. The van der Waals surface area contributed by atoms with Crippen LogP contribution in [-0.4, -0.2) is 36.0 Å². The average Bonchev–Trinajstić information content (AvgIpc) is 3.16. The summed E-state index contributed by atoms with van der Waals surface area (Å²) in [6.07, 6.45) is 0. The van der Waals surface area contributed by atoms with Crippen molar-refractivity contribution in [3.63, 3.8) is 0 Å². The highest BCUT2D eigenvalue weighted by molar-refractivity contribution is 7.07. The molecule has 0 spiro atoms. The summed E-state index contributed by atoms with van der Waals surface area (Å²) in [5, 5.41) is 4.41. The van der Waals surface area contributed by atoms with E-state index in [2.05, 4.69) is 26.6 Å². The molecule has 2 atom stereocenters. The van der Waals surface area contributed by atoms with E-state index in [-0.39, 0.29) is 5.82 Å². The van der Waals surface area contributed by atoms with Gasteiger partial charge in [-0.1, -0.05) is 12.1 Å². The van der Waals surface area contributed by atoms with Crippen molar-refractivity contribution >= 4 is 11.3 Å². The SMILES string of the molecule is Fc1cccc(CN2C[C@@H]3CN(Cc4ccsc4)C[C@H]3C2)c1. The standard InChI is InChI=1S/C18H21FN2S/c19-18-3-1-2-14(6-18)7-20-9-16-11-21(12-17(16)10-20)8-15-4-5-22-13-15/h1-6,13,16-17H,7-12H2/t16-,17-/m1/s1. The molecule has 2 nitrogen and oxygen atoms in total. The lowest BCUT2D eigenvalue weighted by Gasteiger charge is -2.21. The Hall–Kier alpha value is -1.23. The van der Waals surface area contributed by atoms with Gasteiger partial charge in [0.1, 0.15) is 5.82 Å². The van der Waals surface area contributed by atoms with Crippen molar-refractivity contribution in [2.45, 2.75) is 13.1 Å². The van der Waals surface area contributed by atoms with E-state index in [1.807, 2.05) is 12.1 Å². The fourth-order valence-electron chi connectivity index (χ4n) is 3.98. The van der Waals surface area contributed by atoms with Crippen molar-refractivity contribution in [3.05, 3.63) is 58.0 Å². The van der Waals surface area contributed by atoms with Gasteiger partial charge >= 0.3 is 0 Å². The third-order valence-corrected chi connectivity index (χ3v) is 5.65. The molecule has 1 aromatic carbocycles. The van der Waals surface area contributed by atoms with E-state index >= 15 is 0 Å². The Morgan fingerprint density at radius 3 is 2.23 bits per heavy atom. The van der Waals surface area contributed by atoms with Gasteiger partial charge in [0.05, 0.1) is 0 Å². The molecule has 4 heteroatoms. The molecule has 0 unspecified atom stereocenters. The van der Waals surface area contributed by atoms with Crippen LogP contribution in [0.1, 0.15) is 11.1 Å². The minimum Gasteiger partial charge on any atom is -0.298 e. The summed E-state index contributed by atoms with van der Waals surface area (Å²) < 4.78 is 13.3. The summed E-state index contributed by atoms with van der Waals surface area (Å²) in [4.78, 5) is 5.09. The van der Waals surface area contributed by atoms with Crippen molar-refractivity contribution in [1.82, 2.24) is 9.80 Å². The molecule has 22 heavy (non-hydrogen) atoms. The molecule has 2 aliphatic heterocycles. The van der Waals surface area contributed by atoms with Crippen molar-refractivity contribution < 1.29 is 4.39 Å². The van der Waals surface area contributed by atoms with E-state index in [9.17, 15) is 4.39 Å². The molecule has 4 rings (SSSR count). The molecule has 2 aromatic rings. The van der Waals surface area contributed by atoms with Crippen molar-refractivity contribution in [3.8, 4) is 0 Å². The molecule has 0 radical (unpaired) electrons. The van der Waals surface area contributed by atoms with E-state index in [1.54, 1.807) is 17.4 Å². The fourth-order valence-corrected chi connectivity index (χ4v) is 4.64. The van der Waals surface area contributed by atoms with Crippen LogP contribution in [0.4, 0.5) is 4.39 Å². The van der Waals surface area contributed by atoms with Crippen LogP contribution in [0.3, 0.4) is 0 Å². The third kappa shape index (κ3) is 3.09. The lowest BCUT2D eigenvalue weighted by molar-refractivity contribution is 0.246. The number of halogens is 1. The number of thiophene rings is 1. The van der Waals surface area contributed by atoms with Crippen molar-refractivity contribution in [2.75, 3.05) is 26.2 Å². The smallest absolute Gasteiger partial charge is 0.123 e. The molecule has 2 aliphatic rings. The van der Waals surface area contributed by atoms with Crippen molar-refractivity contribution in [2.24, 2.45) is 11.8 Å². The molecular formula is C18H21FN2S. The molecule has 0 amide bonds. The summed E-state index contributed by atoms with van der Waals surface area (Å²) in [5.41, 5.74) is 2.54. The quantitative estimate of drug-likeness (QED) is 0.852. The van der Waals surface area contributed by atoms with Crippen LogP contribution in [-0.2, 0) is 13.1 Å².